The Balaban J connectivity index is 2.47. The van der Waals surface area contributed by atoms with E-state index in [0.717, 1.165) is 12.0 Å². The predicted molar refractivity (Wildman–Crippen MR) is 85.5 cm³/mol. The van der Waals surface area contributed by atoms with Crippen LogP contribution in [-0.2, 0) is 5.54 Å². The highest BCUT2D eigenvalue weighted by Crippen LogP contribution is 2.35. The number of nitrogens with zero attached hydrogens (tertiary/aromatic N) is 4. The van der Waals surface area contributed by atoms with Gasteiger partial charge >= 0.3 is 0 Å². The van der Waals surface area contributed by atoms with Gasteiger partial charge in [-0.15, -0.1) is 5.10 Å². The summed E-state index contributed by atoms with van der Waals surface area (Å²) >= 11 is 0. The third-order valence-electron chi connectivity index (χ3n) is 3.32. The summed E-state index contributed by atoms with van der Waals surface area (Å²) in [5.41, 5.74) is 13.8. The number of nitrogens with two attached hydrogens (primary N) is 2. The summed E-state index contributed by atoms with van der Waals surface area (Å²) in [5, 5.41) is 12.2. The van der Waals surface area contributed by atoms with Crippen LogP contribution in [0.15, 0.2) is 18.2 Å². The molecule has 2 rings (SSSR count). The summed E-state index contributed by atoms with van der Waals surface area (Å²) < 4.78 is 1.85. The van der Waals surface area contributed by atoms with Crippen molar-refractivity contribution in [3.8, 4) is 11.4 Å². The molecular weight excluding hydrogens is 264 g/mol. The number of benzene rings is 1. The van der Waals surface area contributed by atoms with E-state index in [4.69, 9.17) is 11.5 Å². The zero-order chi connectivity index (χ0) is 15.8. The van der Waals surface area contributed by atoms with E-state index in [1.165, 1.54) is 0 Å². The SMILES string of the molecule is CC(C)(C)CC(C)(C)n1nnnc1-c1ccc(N)cc1N. The maximum absolute atomic E-state index is 6.06. The van der Waals surface area contributed by atoms with Gasteiger partial charge in [-0.1, -0.05) is 20.8 Å². The standard InChI is InChI=1S/C15H24N6/c1-14(2,3)9-15(4,5)21-13(18-19-20-21)11-7-6-10(16)8-12(11)17/h6-8H,9,16-17H2,1-5H3. The summed E-state index contributed by atoms with van der Waals surface area (Å²) in [4.78, 5) is 0. The fourth-order valence-corrected chi connectivity index (χ4v) is 2.92. The van der Waals surface area contributed by atoms with E-state index in [1.54, 1.807) is 6.07 Å². The van der Waals surface area contributed by atoms with E-state index < -0.39 is 0 Å². The minimum atomic E-state index is -0.217. The first kappa shape index (κ1) is 15.3. The number of hydrogen-bond donors (Lipinski definition) is 2. The lowest BCUT2D eigenvalue weighted by atomic mass is 9.82. The van der Waals surface area contributed by atoms with E-state index in [2.05, 4.69) is 50.1 Å². The van der Waals surface area contributed by atoms with Gasteiger partial charge in [0.15, 0.2) is 5.82 Å². The van der Waals surface area contributed by atoms with Crippen LogP contribution in [0.3, 0.4) is 0 Å². The summed E-state index contributed by atoms with van der Waals surface area (Å²) in [7, 11) is 0. The molecule has 2 aromatic rings. The average Bonchev–Trinajstić information content (AvgIpc) is 2.75. The van der Waals surface area contributed by atoms with E-state index >= 15 is 0 Å². The van der Waals surface area contributed by atoms with Crippen LogP contribution in [0, 0.1) is 5.41 Å². The summed E-state index contributed by atoms with van der Waals surface area (Å²) in [6, 6.07) is 5.40. The smallest absolute Gasteiger partial charge is 0.184 e. The van der Waals surface area contributed by atoms with Crippen LogP contribution in [0.4, 0.5) is 11.4 Å². The topological polar surface area (TPSA) is 95.6 Å². The zero-order valence-corrected chi connectivity index (χ0v) is 13.4. The molecule has 4 N–H and O–H groups in total. The molecule has 0 spiro atoms. The molecule has 0 atom stereocenters. The number of anilines is 2. The summed E-state index contributed by atoms with van der Waals surface area (Å²) in [6.07, 6.45) is 0.937. The third-order valence-corrected chi connectivity index (χ3v) is 3.32. The maximum atomic E-state index is 6.06. The molecule has 0 aliphatic heterocycles. The van der Waals surface area contributed by atoms with Gasteiger partial charge < -0.3 is 11.5 Å². The molecule has 114 valence electrons. The molecule has 0 aliphatic carbocycles. The van der Waals surface area contributed by atoms with Crippen molar-refractivity contribution in [2.75, 3.05) is 11.5 Å². The van der Waals surface area contributed by atoms with Gasteiger partial charge in [0.05, 0.1) is 5.54 Å². The highest BCUT2D eigenvalue weighted by Gasteiger charge is 2.31. The minimum Gasteiger partial charge on any atom is -0.399 e. The van der Waals surface area contributed by atoms with Crippen molar-refractivity contribution < 1.29 is 0 Å². The Labute approximate surface area is 125 Å². The lowest BCUT2D eigenvalue weighted by Crippen LogP contribution is -2.33. The largest absolute Gasteiger partial charge is 0.399 e. The van der Waals surface area contributed by atoms with Crippen molar-refractivity contribution in [3.63, 3.8) is 0 Å². The minimum absolute atomic E-state index is 0.166. The third kappa shape index (κ3) is 3.32. The number of nitrogen functional groups attached to an aromatic ring is 2. The lowest BCUT2D eigenvalue weighted by molar-refractivity contribution is 0.197. The second kappa shape index (κ2) is 5.02. The van der Waals surface area contributed by atoms with Crippen LogP contribution >= 0.6 is 0 Å². The van der Waals surface area contributed by atoms with Crippen LogP contribution in [0.5, 0.6) is 0 Å². The van der Waals surface area contributed by atoms with Gasteiger partial charge in [0.25, 0.3) is 0 Å². The van der Waals surface area contributed by atoms with Crippen molar-refractivity contribution in [2.45, 2.75) is 46.6 Å². The van der Waals surface area contributed by atoms with Crippen LogP contribution in [0.2, 0.25) is 0 Å². The molecule has 6 heteroatoms. The summed E-state index contributed by atoms with van der Waals surface area (Å²) in [6.45, 7) is 10.9. The Morgan fingerprint density at radius 2 is 1.76 bits per heavy atom. The van der Waals surface area contributed by atoms with Gasteiger partial charge in [0, 0.05) is 16.9 Å². The Bertz CT molecular complexity index is 636. The molecule has 6 nitrogen and oxygen atoms in total. The fraction of sp³-hybridized carbons (Fsp3) is 0.533. The van der Waals surface area contributed by atoms with E-state index in [1.807, 2.05) is 16.8 Å². The Morgan fingerprint density at radius 1 is 1.10 bits per heavy atom. The van der Waals surface area contributed by atoms with Crippen molar-refractivity contribution >= 4 is 11.4 Å². The molecule has 0 amide bonds. The maximum Gasteiger partial charge on any atom is 0.184 e. The van der Waals surface area contributed by atoms with E-state index in [9.17, 15) is 0 Å². The number of rotatable bonds is 3. The Kier molecular flexibility index (Phi) is 3.65. The van der Waals surface area contributed by atoms with Crippen LogP contribution in [-0.4, -0.2) is 20.2 Å². The molecule has 0 bridgehead atoms. The van der Waals surface area contributed by atoms with E-state index in [-0.39, 0.29) is 11.0 Å². The van der Waals surface area contributed by atoms with Gasteiger partial charge in [-0.05, 0) is 54.3 Å². The number of tetrazole rings is 1. The number of hydrogen-bond acceptors (Lipinski definition) is 5. The highest BCUT2D eigenvalue weighted by molar-refractivity contribution is 5.74. The lowest BCUT2D eigenvalue weighted by Gasteiger charge is -2.32. The average molecular weight is 288 g/mol. The molecule has 21 heavy (non-hydrogen) atoms. The molecule has 0 fully saturated rings. The quantitative estimate of drug-likeness (QED) is 0.846. The molecule has 1 aromatic carbocycles. The molecule has 1 aromatic heterocycles. The van der Waals surface area contributed by atoms with Crippen molar-refractivity contribution in [1.82, 2.24) is 20.2 Å². The van der Waals surface area contributed by atoms with Crippen molar-refractivity contribution in [1.29, 1.82) is 0 Å². The van der Waals surface area contributed by atoms with Crippen LogP contribution < -0.4 is 11.5 Å². The van der Waals surface area contributed by atoms with Gasteiger partial charge in [-0.3, -0.25) is 0 Å². The van der Waals surface area contributed by atoms with E-state index in [0.29, 0.717) is 17.2 Å². The van der Waals surface area contributed by atoms with Gasteiger partial charge in [0.2, 0.25) is 0 Å². The molecule has 0 saturated carbocycles. The van der Waals surface area contributed by atoms with Crippen molar-refractivity contribution in [2.24, 2.45) is 5.41 Å². The molecule has 0 radical (unpaired) electrons. The van der Waals surface area contributed by atoms with Gasteiger partial charge in [-0.25, -0.2) is 4.68 Å². The van der Waals surface area contributed by atoms with Crippen LogP contribution in [0.25, 0.3) is 11.4 Å². The van der Waals surface area contributed by atoms with Crippen molar-refractivity contribution in [3.05, 3.63) is 18.2 Å². The first-order valence-electron chi connectivity index (χ1n) is 7.04. The van der Waals surface area contributed by atoms with Gasteiger partial charge in [0.1, 0.15) is 0 Å². The molecular formula is C15H24N6. The normalized spacial score (nSPS) is 12.6. The second-order valence-corrected chi connectivity index (χ2v) is 7.31. The number of aromatic nitrogens is 4. The van der Waals surface area contributed by atoms with Gasteiger partial charge in [-0.2, -0.15) is 0 Å². The fourth-order valence-electron chi connectivity index (χ4n) is 2.92. The molecule has 1 heterocycles. The molecule has 0 saturated heterocycles. The zero-order valence-electron chi connectivity index (χ0n) is 13.4. The summed E-state index contributed by atoms with van der Waals surface area (Å²) in [5.74, 6) is 0.668. The first-order valence-corrected chi connectivity index (χ1v) is 7.04. The predicted octanol–water partition coefficient (Wildman–Crippen LogP) is 2.68. The second-order valence-electron chi connectivity index (χ2n) is 7.31. The van der Waals surface area contributed by atoms with Crippen LogP contribution in [0.1, 0.15) is 41.0 Å². The monoisotopic (exact) mass is 288 g/mol. The Hall–Kier alpha value is -2.11. The first-order chi connectivity index (χ1) is 9.60. The highest BCUT2D eigenvalue weighted by atomic mass is 15.6. The Morgan fingerprint density at radius 3 is 2.33 bits per heavy atom. The molecule has 0 aliphatic rings. The molecule has 0 unspecified atom stereocenters.